The van der Waals surface area contributed by atoms with Gasteiger partial charge in [0.2, 0.25) is 6.29 Å². The monoisotopic (exact) mass is 432 g/mol. The summed E-state index contributed by atoms with van der Waals surface area (Å²) >= 11 is 0. The van der Waals surface area contributed by atoms with Crippen molar-refractivity contribution in [1.29, 1.82) is 0 Å². The van der Waals surface area contributed by atoms with Crippen LogP contribution in [-0.2, 0) is 35.2 Å². The number of hydrogen-bond donors (Lipinski definition) is 0. The molecule has 2 heterocycles. The van der Waals surface area contributed by atoms with E-state index in [1.807, 2.05) is 24.3 Å². The van der Waals surface area contributed by atoms with Crippen LogP contribution in [0.4, 0.5) is 0 Å². The summed E-state index contributed by atoms with van der Waals surface area (Å²) < 4.78 is 23.6. The zero-order valence-corrected chi connectivity index (χ0v) is 18.7. The molecular weight excluding hydrogens is 400 g/mol. The fraction of sp³-hybridized carbons (Fsp3) is 0.357. The Hall–Kier alpha value is -2.82. The molecule has 2 unspecified atom stereocenters. The Labute approximate surface area is 190 Å². The molecule has 2 aliphatic rings. The van der Waals surface area contributed by atoms with Crippen molar-refractivity contribution in [2.45, 2.75) is 44.5 Å². The predicted molar refractivity (Wildman–Crippen MR) is 130 cm³/mol. The smallest absolute Gasteiger partial charge is 0.202 e. The lowest BCUT2D eigenvalue weighted by Crippen LogP contribution is -2.33. The van der Waals surface area contributed by atoms with E-state index >= 15 is 0 Å². The predicted octanol–water partition coefficient (Wildman–Crippen LogP) is 5.66. The Morgan fingerprint density at radius 2 is 1.34 bits per heavy atom. The van der Waals surface area contributed by atoms with Crippen LogP contribution in [0.15, 0.2) is 62.8 Å². The summed E-state index contributed by atoms with van der Waals surface area (Å²) in [7, 11) is 0. The van der Waals surface area contributed by atoms with E-state index in [0.717, 1.165) is 64.2 Å². The minimum atomic E-state index is -0.193. The molecule has 2 saturated heterocycles. The summed E-state index contributed by atoms with van der Waals surface area (Å²) in [5, 5.41) is 2.30. The van der Waals surface area contributed by atoms with E-state index in [1.54, 1.807) is 0 Å². The van der Waals surface area contributed by atoms with Crippen LogP contribution in [0.25, 0.3) is 10.8 Å². The van der Waals surface area contributed by atoms with Gasteiger partial charge >= 0.3 is 0 Å². The number of fused-ring (bicyclic) bond motifs is 1. The van der Waals surface area contributed by atoms with Crippen LogP contribution >= 0.6 is 0 Å². The SMILES string of the molecule is C=CCc1cc2c(CC=C)c(OC3CCO3)c(CC=C)cc2c(CC=C)c1OCC1CO1. The third kappa shape index (κ3) is 4.67. The highest BCUT2D eigenvalue weighted by Gasteiger charge is 2.27. The normalized spacial score (nSPS) is 19.1. The van der Waals surface area contributed by atoms with Crippen molar-refractivity contribution in [3.05, 3.63) is 85.0 Å². The lowest BCUT2D eigenvalue weighted by atomic mass is 9.89. The van der Waals surface area contributed by atoms with E-state index in [0.29, 0.717) is 32.3 Å². The van der Waals surface area contributed by atoms with E-state index in [-0.39, 0.29) is 12.4 Å². The molecule has 2 aromatic carbocycles. The van der Waals surface area contributed by atoms with Crippen molar-refractivity contribution in [3.8, 4) is 11.5 Å². The van der Waals surface area contributed by atoms with Crippen molar-refractivity contribution < 1.29 is 18.9 Å². The van der Waals surface area contributed by atoms with E-state index in [1.165, 1.54) is 0 Å². The van der Waals surface area contributed by atoms with Crippen LogP contribution in [0.2, 0.25) is 0 Å². The maximum atomic E-state index is 6.34. The van der Waals surface area contributed by atoms with Gasteiger partial charge in [0.05, 0.1) is 13.2 Å². The standard InChI is InChI=1S/C28H32O4/c1-5-9-19-15-25-23(12-8-4)28(32-26-13-14-29-26)20(10-6-2)16-24(25)22(11-7-3)27(19)31-18-21-17-30-21/h5-8,15-16,21,26H,1-4,9-14,17-18H2. The first-order valence-corrected chi connectivity index (χ1v) is 11.3. The molecule has 0 saturated carbocycles. The first-order chi connectivity index (χ1) is 15.7. The summed E-state index contributed by atoms with van der Waals surface area (Å²) in [4.78, 5) is 0. The van der Waals surface area contributed by atoms with Gasteiger partial charge in [0, 0.05) is 17.5 Å². The maximum absolute atomic E-state index is 6.34. The second kappa shape index (κ2) is 10.2. The molecule has 0 radical (unpaired) electrons. The first-order valence-electron chi connectivity index (χ1n) is 11.3. The summed E-state index contributed by atoms with van der Waals surface area (Å²) in [5.74, 6) is 1.80. The third-order valence-electron chi connectivity index (χ3n) is 5.86. The van der Waals surface area contributed by atoms with E-state index in [2.05, 4.69) is 38.4 Å². The molecule has 0 amide bonds. The topological polar surface area (TPSA) is 40.2 Å². The van der Waals surface area contributed by atoms with Crippen molar-refractivity contribution in [2.75, 3.05) is 19.8 Å². The van der Waals surface area contributed by atoms with Crippen molar-refractivity contribution in [3.63, 3.8) is 0 Å². The Balaban J connectivity index is 1.96. The molecule has 0 aromatic heterocycles. The van der Waals surface area contributed by atoms with Gasteiger partial charge in [-0.15, -0.1) is 26.3 Å². The number of rotatable bonds is 13. The minimum Gasteiger partial charge on any atom is -0.490 e. The molecule has 2 atom stereocenters. The number of benzene rings is 2. The summed E-state index contributed by atoms with van der Waals surface area (Å²) in [5.41, 5.74) is 4.46. The van der Waals surface area contributed by atoms with Gasteiger partial charge in [0.1, 0.15) is 24.2 Å². The molecule has 0 spiro atoms. The molecule has 0 aliphatic carbocycles. The van der Waals surface area contributed by atoms with Crippen LogP contribution in [0.1, 0.15) is 28.7 Å². The number of epoxide rings is 1. The maximum Gasteiger partial charge on any atom is 0.202 e. The van der Waals surface area contributed by atoms with Gasteiger partial charge in [-0.2, -0.15) is 0 Å². The van der Waals surface area contributed by atoms with Crippen molar-refractivity contribution in [1.82, 2.24) is 0 Å². The second-order valence-corrected chi connectivity index (χ2v) is 8.23. The molecule has 0 N–H and O–H groups in total. The Kier molecular flexibility index (Phi) is 7.13. The molecule has 2 aliphatic heterocycles. The van der Waals surface area contributed by atoms with Crippen LogP contribution in [-0.4, -0.2) is 32.2 Å². The summed E-state index contributed by atoms with van der Waals surface area (Å²) in [6.45, 7) is 18.0. The first kappa shape index (κ1) is 22.4. The Morgan fingerprint density at radius 1 is 0.812 bits per heavy atom. The molecule has 32 heavy (non-hydrogen) atoms. The highest BCUT2D eigenvalue weighted by atomic mass is 16.7. The number of hydrogen-bond acceptors (Lipinski definition) is 4. The average molecular weight is 433 g/mol. The second-order valence-electron chi connectivity index (χ2n) is 8.23. The van der Waals surface area contributed by atoms with Gasteiger partial charge in [-0.05, 0) is 59.7 Å². The van der Waals surface area contributed by atoms with Crippen LogP contribution in [0, 0.1) is 0 Å². The van der Waals surface area contributed by atoms with Gasteiger partial charge in [-0.1, -0.05) is 24.3 Å². The molecule has 4 heteroatoms. The largest absolute Gasteiger partial charge is 0.490 e. The summed E-state index contributed by atoms with van der Waals surface area (Å²) in [6, 6.07) is 4.44. The average Bonchev–Trinajstić information content (AvgIpc) is 3.57. The van der Waals surface area contributed by atoms with Crippen molar-refractivity contribution in [2.24, 2.45) is 0 Å². The lowest BCUT2D eigenvalue weighted by Gasteiger charge is -2.30. The quantitative estimate of drug-likeness (QED) is 0.303. The minimum absolute atomic E-state index is 0.185. The molecular formula is C28H32O4. The van der Waals surface area contributed by atoms with Crippen molar-refractivity contribution >= 4 is 10.8 Å². The molecule has 2 aromatic rings. The van der Waals surface area contributed by atoms with E-state index in [9.17, 15) is 0 Å². The molecule has 0 bridgehead atoms. The Morgan fingerprint density at radius 3 is 1.81 bits per heavy atom. The fourth-order valence-corrected chi connectivity index (χ4v) is 4.18. The van der Waals surface area contributed by atoms with Gasteiger partial charge in [-0.3, -0.25) is 0 Å². The Bertz CT molecular complexity index is 1030. The fourth-order valence-electron chi connectivity index (χ4n) is 4.18. The molecule has 4 nitrogen and oxygen atoms in total. The highest BCUT2D eigenvalue weighted by molar-refractivity contribution is 5.94. The highest BCUT2D eigenvalue weighted by Crippen LogP contribution is 2.42. The molecule has 4 rings (SSSR count). The number of allylic oxidation sites excluding steroid dienone is 4. The van der Waals surface area contributed by atoms with Crippen LogP contribution < -0.4 is 9.47 Å². The zero-order valence-electron chi connectivity index (χ0n) is 18.7. The summed E-state index contributed by atoms with van der Waals surface area (Å²) in [6.07, 6.45) is 11.4. The third-order valence-corrected chi connectivity index (χ3v) is 5.86. The lowest BCUT2D eigenvalue weighted by molar-refractivity contribution is -0.165. The van der Waals surface area contributed by atoms with E-state index in [4.69, 9.17) is 18.9 Å². The van der Waals surface area contributed by atoms with E-state index < -0.39 is 0 Å². The van der Waals surface area contributed by atoms with Gasteiger partial charge in [0.15, 0.2) is 0 Å². The zero-order chi connectivity index (χ0) is 22.5. The van der Waals surface area contributed by atoms with Gasteiger partial charge < -0.3 is 18.9 Å². The number of ether oxygens (including phenoxy) is 4. The molecule has 2 fully saturated rings. The van der Waals surface area contributed by atoms with Gasteiger partial charge in [-0.25, -0.2) is 0 Å². The van der Waals surface area contributed by atoms with Gasteiger partial charge in [0.25, 0.3) is 0 Å². The van der Waals surface area contributed by atoms with Crippen LogP contribution in [0.5, 0.6) is 11.5 Å². The van der Waals surface area contributed by atoms with Crippen LogP contribution in [0.3, 0.4) is 0 Å². The molecule has 168 valence electrons.